The Morgan fingerprint density at radius 2 is 1.76 bits per heavy atom. The fourth-order valence-corrected chi connectivity index (χ4v) is 4.55. The summed E-state index contributed by atoms with van der Waals surface area (Å²) in [7, 11) is 0. The molecule has 17 heteroatoms. The minimum absolute atomic E-state index is 0.0444. The van der Waals surface area contributed by atoms with Crippen LogP contribution in [0.3, 0.4) is 0 Å². The molecule has 1 aromatic carbocycles. The van der Waals surface area contributed by atoms with Crippen molar-refractivity contribution in [2.45, 2.75) is 25.4 Å². The lowest BCUT2D eigenvalue weighted by Crippen LogP contribution is -2.54. The highest BCUT2D eigenvalue weighted by Crippen LogP contribution is 2.32. The van der Waals surface area contributed by atoms with E-state index in [2.05, 4.69) is 15.7 Å². The first-order chi connectivity index (χ1) is 20.2. The van der Waals surface area contributed by atoms with Crippen molar-refractivity contribution >= 4 is 40.9 Å². The van der Waals surface area contributed by atoms with E-state index in [0.29, 0.717) is 12.2 Å². The number of amides is 5. The molecular formula is C25H29N7O10. The molecule has 1 unspecified atom stereocenters. The first kappa shape index (κ1) is 30.2. The minimum Gasteiger partial charge on any atom is -0.382 e. The summed E-state index contributed by atoms with van der Waals surface area (Å²) in [6.07, 6.45) is 1.09. The molecular weight excluding hydrogens is 558 g/mol. The molecule has 0 aliphatic carbocycles. The van der Waals surface area contributed by atoms with E-state index in [1.54, 1.807) is 12.1 Å². The molecule has 2 aromatic rings. The summed E-state index contributed by atoms with van der Waals surface area (Å²) in [4.78, 5) is 72.3. The largest absolute Gasteiger partial charge is 0.382 e. The predicted octanol–water partition coefficient (Wildman–Crippen LogP) is -0.547. The standard InChI is InChI=1S/C25H29N7O10/c26-22(34)21-18(32(38)39)14-28-30(21)7-9-41-11-13-42-12-10-40-8-6-27-16-3-1-2-15-20(16)25(37)31(24(15)36)17-4-5-19(33)29-23(17)35/h1-3,14,17,27H,4-13H2,(H2,26,34)(H,29,33,35). The van der Waals surface area contributed by atoms with Gasteiger partial charge in [-0.2, -0.15) is 5.10 Å². The van der Waals surface area contributed by atoms with Crippen molar-refractivity contribution in [3.05, 3.63) is 51.3 Å². The van der Waals surface area contributed by atoms with Gasteiger partial charge in [-0.25, -0.2) is 0 Å². The molecule has 0 saturated carbocycles. The van der Waals surface area contributed by atoms with Crippen LogP contribution in [0.2, 0.25) is 0 Å². The first-order valence-electron chi connectivity index (χ1n) is 13.0. The molecule has 4 N–H and O–H groups in total. The molecule has 5 amide bonds. The van der Waals surface area contributed by atoms with E-state index in [1.165, 1.54) is 6.07 Å². The molecule has 2 aliphatic heterocycles. The number of anilines is 1. The lowest BCUT2D eigenvalue weighted by atomic mass is 10.0. The molecule has 17 nitrogen and oxygen atoms in total. The van der Waals surface area contributed by atoms with Gasteiger partial charge in [-0.3, -0.25) is 49.0 Å². The van der Waals surface area contributed by atoms with Crippen molar-refractivity contribution in [1.82, 2.24) is 20.0 Å². The van der Waals surface area contributed by atoms with Crippen molar-refractivity contribution in [2.75, 3.05) is 51.5 Å². The SMILES string of the molecule is NC(=O)c1c([N+](=O)[O-])cnn1CCOCCOCCOCCNc1cccc2c1C(=O)N(C1CCC(=O)NC1=O)C2=O. The van der Waals surface area contributed by atoms with Gasteiger partial charge in [-0.1, -0.05) is 6.07 Å². The van der Waals surface area contributed by atoms with Gasteiger partial charge in [0.05, 0.1) is 62.2 Å². The summed E-state index contributed by atoms with van der Waals surface area (Å²) in [5, 5.41) is 20.0. The molecule has 224 valence electrons. The van der Waals surface area contributed by atoms with Gasteiger partial charge in [0.25, 0.3) is 17.7 Å². The van der Waals surface area contributed by atoms with Crippen LogP contribution in [0.1, 0.15) is 44.0 Å². The second kappa shape index (κ2) is 13.7. The van der Waals surface area contributed by atoms with Gasteiger partial charge < -0.3 is 25.3 Å². The Balaban J connectivity index is 1.11. The smallest absolute Gasteiger partial charge is 0.320 e. The monoisotopic (exact) mass is 587 g/mol. The molecule has 2 aliphatic rings. The van der Waals surface area contributed by atoms with E-state index in [-0.39, 0.29) is 75.8 Å². The lowest BCUT2D eigenvalue weighted by molar-refractivity contribution is -0.385. The average Bonchev–Trinajstić information content (AvgIpc) is 3.49. The van der Waals surface area contributed by atoms with Crippen LogP contribution in [0.5, 0.6) is 0 Å². The van der Waals surface area contributed by atoms with Crippen molar-refractivity contribution in [3.63, 3.8) is 0 Å². The number of ether oxygens (including phenoxy) is 3. The number of benzene rings is 1. The number of carbonyl (C=O) groups excluding carboxylic acids is 5. The third-order valence-corrected chi connectivity index (χ3v) is 6.47. The number of hydrogen-bond donors (Lipinski definition) is 3. The molecule has 0 bridgehead atoms. The number of imide groups is 2. The van der Waals surface area contributed by atoms with E-state index in [1.807, 2.05) is 0 Å². The fraction of sp³-hybridized carbons (Fsp3) is 0.440. The molecule has 42 heavy (non-hydrogen) atoms. The summed E-state index contributed by atoms with van der Waals surface area (Å²) in [6, 6.07) is 3.77. The fourth-order valence-electron chi connectivity index (χ4n) is 4.55. The third kappa shape index (κ3) is 6.76. The Hall–Kier alpha value is -4.74. The van der Waals surface area contributed by atoms with Crippen molar-refractivity contribution in [3.8, 4) is 0 Å². The quantitative estimate of drug-likeness (QED) is 0.0973. The maximum absolute atomic E-state index is 13.1. The number of nitrogens with two attached hydrogens (primary N) is 1. The first-order valence-corrected chi connectivity index (χ1v) is 13.0. The third-order valence-electron chi connectivity index (χ3n) is 6.47. The number of primary amides is 1. The predicted molar refractivity (Wildman–Crippen MR) is 141 cm³/mol. The van der Waals surface area contributed by atoms with Crippen LogP contribution in [0, 0.1) is 10.1 Å². The summed E-state index contributed by atoms with van der Waals surface area (Å²) in [5.74, 6) is -3.23. The summed E-state index contributed by atoms with van der Waals surface area (Å²) in [6.45, 7) is 1.91. The summed E-state index contributed by atoms with van der Waals surface area (Å²) >= 11 is 0. The molecule has 1 atom stereocenters. The summed E-state index contributed by atoms with van der Waals surface area (Å²) in [5.41, 5.74) is 5.23. The Labute approximate surface area is 238 Å². The minimum atomic E-state index is -1.04. The average molecular weight is 588 g/mol. The highest BCUT2D eigenvalue weighted by atomic mass is 16.6. The zero-order valence-corrected chi connectivity index (χ0v) is 22.4. The van der Waals surface area contributed by atoms with E-state index in [0.717, 1.165) is 15.8 Å². The number of fused-ring (bicyclic) bond motifs is 1. The van der Waals surface area contributed by atoms with Crippen LogP contribution in [-0.2, 0) is 30.3 Å². The number of nitro groups is 1. The van der Waals surface area contributed by atoms with Crippen LogP contribution in [0.4, 0.5) is 11.4 Å². The molecule has 4 rings (SSSR count). The number of rotatable bonds is 16. The zero-order valence-electron chi connectivity index (χ0n) is 22.4. The zero-order chi connectivity index (χ0) is 30.2. The maximum Gasteiger partial charge on any atom is 0.320 e. The van der Waals surface area contributed by atoms with Crippen molar-refractivity contribution < 1.29 is 43.1 Å². The van der Waals surface area contributed by atoms with Crippen molar-refractivity contribution in [2.24, 2.45) is 5.73 Å². The van der Waals surface area contributed by atoms with Gasteiger partial charge in [0.2, 0.25) is 17.5 Å². The second-order valence-corrected chi connectivity index (χ2v) is 9.16. The van der Waals surface area contributed by atoms with E-state index in [4.69, 9.17) is 19.9 Å². The number of piperidine rings is 1. The number of hydrogen-bond acceptors (Lipinski definition) is 12. The maximum atomic E-state index is 13.1. The van der Waals surface area contributed by atoms with E-state index < -0.39 is 46.2 Å². The number of nitrogens with zero attached hydrogens (tertiary/aromatic N) is 4. The highest BCUT2D eigenvalue weighted by Gasteiger charge is 2.45. The van der Waals surface area contributed by atoms with Crippen molar-refractivity contribution in [1.29, 1.82) is 0 Å². The second-order valence-electron chi connectivity index (χ2n) is 9.16. The molecule has 1 aromatic heterocycles. The van der Waals surface area contributed by atoms with Gasteiger partial charge in [0.15, 0.2) is 0 Å². The Morgan fingerprint density at radius 1 is 1.07 bits per heavy atom. The van der Waals surface area contributed by atoms with Crippen LogP contribution in [0.15, 0.2) is 24.4 Å². The van der Waals surface area contributed by atoms with Gasteiger partial charge in [-0.05, 0) is 18.6 Å². The topological polar surface area (TPSA) is 227 Å². The Bertz CT molecular complexity index is 1390. The van der Waals surface area contributed by atoms with Crippen LogP contribution in [-0.4, -0.2) is 101 Å². The van der Waals surface area contributed by atoms with Gasteiger partial charge in [-0.15, -0.1) is 0 Å². The number of carbonyl (C=O) groups is 5. The highest BCUT2D eigenvalue weighted by molar-refractivity contribution is 6.25. The van der Waals surface area contributed by atoms with Gasteiger partial charge >= 0.3 is 5.69 Å². The molecule has 1 saturated heterocycles. The Kier molecular flexibility index (Phi) is 9.89. The number of aromatic nitrogens is 2. The van der Waals surface area contributed by atoms with Gasteiger partial charge in [0, 0.05) is 18.7 Å². The van der Waals surface area contributed by atoms with Crippen LogP contribution < -0.4 is 16.4 Å². The van der Waals surface area contributed by atoms with E-state index in [9.17, 15) is 34.1 Å². The lowest BCUT2D eigenvalue weighted by Gasteiger charge is -2.27. The molecule has 0 radical (unpaired) electrons. The van der Waals surface area contributed by atoms with Gasteiger partial charge in [0.1, 0.15) is 12.2 Å². The summed E-state index contributed by atoms with van der Waals surface area (Å²) < 4.78 is 17.5. The van der Waals surface area contributed by atoms with Crippen LogP contribution in [0.25, 0.3) is 0 Å². The molecule has 3 heterocycles. The van der Waals surface area contributed by atoms with Crippen LogP contribution >= 0.6 is 0 Å². The Morgan fingerprint density at radius 3 is 2.43 bits per heavy atom. The number of nitrogens with one attached hydrogen (secondary N) is 2. The molecule has 1 fully saturated rings. The molecule has 0 spiro atoms. The normalized spacial score (nSPS) is 16.5. The van der Waals surface area contributed by atoms with E-state index >= 15 is 0 Å².